The molecule has 0 saturated carbocycles. The molecule has 2 atom stereocenters. The topological polar surface area (TPSA) is 29.0 Å². The molecule has 2 aromatic rings. The number of halogens is 1. The lowest BCUT2D eigenvalue weighted by molar-refractivity contribution is 0.173. The van der Waals surface area contributed by atoms with Crippen LogP contribution in [-0.4, -0.2) is 34.5 Å². The van der Waals surface area contributed by atoms with Crippen LogP contribution in [0, 0.1) is 5.92 Å². The van der Waals surface area contributed by atoms with E-state index in [1.54, 1.807) is 6.33 Å². The van der Waals surface area contributed by atoms with Crippen LogP contribution in [0.2, 0.25) is 5.02 Å². The van der Waals surface area contributed by atoms with Crippen LogP contribution in [0.25, 0.3) is 11.1 Å². The fraction of sp³-hybridized carbons (Fsp3) is 0.455. The van der Waals surface area contributed by atoms with Gasteiger partial charge in [-0.3, -0.25) is 0 Å². The molecule has 136 valence electrons. The standard InChI is InChI=1S/C22H26ClN3/c23-21-11-5-4-10-19(21)20-13-24-16-25-22(20)18-9-6-12-26(15-18)14-17-7-2-1-3-8-17/h1-2,4-5,10-11,13,16-18H,3,6-9,12,14-15H2/t17-,18+/m0/s1. The molecule has 1 saturated heterocycles. The van der Waals surface area contributed by atoms with E-state index in [2.05, 4.69) is 28.1 Å². The van der Waals surface area contributed by atoms with Gasteiger partial charge in [0.2, 0.25) is 0 Å². The van der Waals surface area contributed by atoms with Gasteiger partial charge in [-0.2, -0.15) is 0 Å². The third-order valence-corrected chi connectivity index (χ3v) is 6.02. The summed E-state index contributed by atoms with van der Waals surface area (Å²) < 4.78 is 0. The van der Waals surface area contributed by atoms with E-state index >= 15 is 0 Å². The molecule has 1 fully saturated rings. The van der Waals surface area contributed by atoms with Gasteiger partial charge in [-0.15, -0.1) is 0 Å². The maximum Gasteiger partial charge on any atom is 0.115 e. The molecular weight excluding hydrogens is 342 g/mol. The Bertz CT molecular complexity index is 773. The fourth-order valence-corrected chi connectivity index (χ4v) is 4.62. The Morgan fingerprint density at radius 3 is 2.88 bits per heavy atom. The average molecular weight is 368 g/mol. The zero-order chi connectivity index (χ0) is 17.8. The summed E-state index contributed by atoms with van der Waals surface area (Å²) in [6.07, 6.45) is 14.5. The van der Waals surface area contributed by atoms with Crippen LogP contribution in [0.1, 0.15) is 43.7 Å². The van der Waals surface area contributed by atoms with E-state index in [1.807, 2.05) is 24.4 Å². The van der Waals surface area contributed by atoms with Crippen LogP contribution >= 0.6 is 11.6 Å². The summed E-state index contributed by atoms with van der Waals surface area (Å²) in [6, 6.07) is 8.01. The molecule has 0 amide bonds. The molecule has 3 nitrogen and oxygen atoms in total. The van der Waals surface area contributed by atoms with E-state index in [0.717, 1.165) is 34.3 Å². The van der Waals surface area contributed by atoms with Gasteiger partial charge < -0.3 is 4.90 Å². The van der Waals surface area contributed by atoms with Crippen molar-refractivity contribution in [2.45, 2.75) is 38.0 Å². The Morgan fingerprint density at radius 1 is 1.12 bits per heavy atom. The number of piperidine rings is 1. The van der Waals surface area contributed by atoms with Gasteiger partial charge in [0.15, 0.2) is 0 Å². The summed E-state index contributed by atoms with van der Waals surface area (Å²) in [7, 11) is 0. The molecule has 1 aromatic heterocycles. The first-order chi connectivity index (χ1) is 12.8. The number of benzene rings is 1. The molecule has 0 spiro atoms. The van der Waals surface area contributed by atoms with E-state index in [1.165, 1.54) is 45.2 Å². The molecule has 1 aliphatic heterocycles. The predicted octanol–water partition coefficient (Wildman–Crippen LogP) is 5.33. The lowest BCUT2D eigenvalue weighted by Crippen LogP contribution is -2.38. The van der Waals surface area contributed by atoms with Crippen molar-refractivity contribution in [1.82, 2.24) is 14.9 Å². The summed E-state index contributed by atoms with van der Waals surface area (Å²) in [5.41, 5.74) is 3.28. The van der Waals surface area contributed by atoms with Crippen molar-refractivity contribution in [1.29, 1.82) is 0 Å². The number of hydrogen-bond acceptors (Lipinski definition) is 3. The first-order valence-corrected chi connectivity index (χ1v) is 10.1. The van der Waals surface area contributed by atoms with Crippen LogP contribution in [-0.2, 0) is 0 Å². The lowest BCUT2D eigenvalue weighted by Gasteiger charge is -2.35. The van der Waals surface area contributed by atoms with Crippen LogP contribution in [0.3, 0.4) is 0 Å². The van der Waals surface area contributed by atoms with Gasteiger partial charge in [-0.25, -0.2) is 9.97 Å². The molecule has 2 aliphatic rings. The van der Waals surface area contributed by atoms with Gasteiger partial charge in [0.1, 0.15) is 6.33 Å². The van der Waals surface area contributed by atoms with Gasteiger partial charge in [-0.05, 0) is 50.6 Å². The molecule has 26 heavy (non-hydrogen) atoms. The number of nitrogens with zero attached hydrogens (tertiary/aromatic N) is 3. The first kappa shape index (κ1) is 17.7. The van der Waals surface area contributed by atoms with Crippen molar-refractivity contribution in [3.8, 4) is 11.1 Å². The Balaban J connectivity index is 1.54. The minimum Gasteiger partial charge on any atom is -0.302 e. The highest BCUT2D eigenvalue weighted by Crippen LogP contribution is 2.36. The maximum absolute atomic E-state index is 6.45. The minimum absolute atomic E-state index is 0.456. The maximum atomic E-state index is 6.45. The SMILES string of the molecule is Clc1ccccc1-c1cncnc1[C@@H]1CCCN(C[C@H]2CC=CCC2)C1. The molecule has 1 aromatic carbocycles. The molecule has 0 radical (unpaired) electrons. The Morgan fingerprint density at radius 2 is 2.04 bits per heavy atom. The van der Waals surface area contributed by atoms with Crippen molar-refractivity contribution >= 4 is 11.6 Å². The van der Waals surface area contributed by atoms with E-state index in [0.29, 0.717) is 5.92 Å². The van der Waals surface area contributed by atoms with Crippen LogP contribution in [0.5, 0.6) is 0 Å². The van der Waals surface area contributed by atoms with Crippen molar-refractivity contribution in [2.75, 3.05) is 19.6 Å². The smallest absolute Gasteiger partial charge is 0.115 e. The van der Waals surface area contributed by atoms with Crippen molar-refractivity contribution in [2.24, 2.45) is 5.92 Å². The lowest BCUT2D eigenvalue weighted by atomic mass is 9.88. The Labute approximate surface area is 161 Å². The minimum atomic E-state index is 0.456. The second-order valence-corrected chi connectivity index (χ2v) is 7.96. The highest BCUT2D eigenvalue weighted by molar-refractivity contribution is 6.33. The van der Waals surface area contributed by atoms with Gasteiger partial charge in [0, 0.05) is 41.4 Å². The quantitative estimate of drug-likeness (QED) is 0.683. The second kappa shape index (κ2) is 8.32. The summed E-state index contributed by atoms with van der Waals surface area (Å²) in [6.45, 7) is 3.52. The van der Waals surface area contributed by atoms with E-state index in [4.69, 9.17) is 16.6 Å². The van der Waals surface area contributed by atoms with Gasteiger partial charge >= 0.3 is 0 Å². The van der Waals surface area contributed by atoms with Gasteiger partial charge in [0.05, 0.1) is 5.69 Å². The van der Waals surface area contributed by atoms with E-state index < -0.39 is 0 Å². The normalized spacial score (nSPS) is 23.9. The van der Waals surface area contributed by atoms with Gasteiger partial charge in [0.25, 0.3) is 0 Å². The molecule has 0 bridgehead atoms. The van der Waals surface area contributed by atoms with Crippen LogP contribution in [0.4, 0.5) is 0 Å². The molecule has 0 unspecified atom stereocenters. The van der Waals surface area contributed by atoms with Crippen molar-refractivity contribution in [3.05, 3.63) is 59.7 Å². The summed E-state index contributed by atoms with van der Waals surface area (Å²) in [5.74, 6) is 1.27. The molecule has 2 heterocycles. The number of allylic oxidation sites excluding steroid dienone is 2. The first-order valence-electron chi connectivity index (χ1n) is 9.73. The monoisotopic (exact) mass is 367 g/mol. The van der Waals surface area contributed by atoms with E-state index in [9.17, 15) is 0 Å². The second-order valence-electron chi connectivity index (χ2n) is 7.55. The van der Waals surface area contributed by atoms with Crippen LogP contribution < -0.4 is 0 Å². The number of hydrogen-bond donors (Lipinski definition) is 0. The molecular formula is C22H26ClN3. The summed E-state index contributed by atoms with van der Waals surface area (Å²) in [5, 5.41) is 0.769. The molecule has 4 heteroatoms. The molecule has 1 aliphatic carbocycles. The summed E-state index contributed by atoms with van der Waals surface area (Å²) >= 11 is 6.45. The van der Waals surface area contributed by atoms with Crippen LogP contribution in [0.15, 0.2) is 48.9 Å². The largest absolute Gasteiger partial charge is 0.302 e. The molecule has 4 rings (SSSR count). The number of rotatable bonds is 4. The number of likely N-dealkylation sites (tertiary alicyclic amines) is 1. The molecule has 0 N–H and O–H groups in total. The Hall–Kier alpha value is -1.71. The average Bonchev–Trinajstić information content (AvgIpc) is 2.69. The zero-order valence-corrected chi connectivity index (χ0v) is 15.9. The highest BCUT2D eigenvalue weighted by Gasteiger charge is 2.26. The third-order valence-electron chi connectivity index (χ3n) is 5.69. The fourth-order valence-electron chi connectivity index (χ4n) is 4.38. The highest BCUT2D eigenvalue weighted by atomic mass is 35.5. The van der Waals surface area contributed by atoms with Crippen molar-refractivity contribution < 1.29 is 0 Å². The third kappa shape index (κ3) is 3.99. The summed E-state index contributed by atoms with van der Waals surface area (Å²) in [4.78, 5) is 11.6. The number of aromatic nitrogens is 2. The predicted molar refractivity (Wildman–Crippen MR) is 107 cm³/mol. The Kier molecular flexibility index (Phi) is 5.66. The van der Waals surface area contributed by atoms with E-state index in [-0.39, 0.29) is 0 Å². The zero-order valence-electron chi connectivity index (χ0n) is 15.1. The van der Waals surface area contributed by atoms with Gasteiger partial charge in [-0.1, -0.05) is 42.0 Å². The van der Waals surface area contributed by atoms with Crippen molar-refractivity contribution in [3.63, 3.8) is 0 Å².